The van der Waals surface area contributed by atoms with Crippen molar-refractivity contribution in [2.45, 2.75) is 63.0 Å². The predicted octanol–water partition coefficient (Wildman–Crippen LogP) is 4.60. The molecule has 624 valence electrons. The maximum absolute atomic E-state index is 13.3. The van der Waals surface area contributed by atoms with E-state index in [-0.39, 0.29) is 228 Å². The summed E-state index contributed by atoms with van der Waals surface area (Å²) >= 11 is 0. The zero-order valence-electron chi connectivity index (χ0n) is 65.8. The second-order valence-electron chi connectivity index (χ2n) is 25.5. The molecule has 0 aliphatic heterocycles. The number of azo groups is 3. The Kier molecular flexibility index (Phi) is 33.8. The summed E-state index contributed by atoms with van der Waals surface area (Å²) in [5.41, 5.74) is 19.8. The molecule has 12 aromatic rings. The zero-order valence-corrected chi connectivity index (χ0v) is 76.7. The second kappa shape index (κ2) is 41.9. The van der Waals surface area contributed by atoms with Crippen molar-refractivity contribution in [3.05, 3.63) is 212 Å². The van der Waals surface area contributed by atoms with Crippen molar-refractivity contribution >= 4 is 196 Å². The Labute approximate surface area is 770 Å². The third kappa shape index (κ3) is 25.6. The fraction of sp³-hybridized carbons (Fsp3) is 0.0921. The monoisotopic (exact) mass is 1820 g/mol. The Morgan fingerprint density at radius 3 is 1.02 bits per heavy atom. The van der Waals surface area contributed by atoms with E-state index in [0.717, 1.165) is 49.2 Å². The van der Waals surface area contributed by atoms with Crippen LogP contribution in [0, 0.1) is 0 Å². The third-order valence-electron chi connectivity index (χ3n) is 16.8. The number of nitrogen functional groups attached to an aromatic ring is 3. The number of phenols is 3. The van der Waals surface area contributed by atoms with E-state index in [2.05, 4.69) is 66.1 Å². The number of anilines is 9. The van der Waals surface area contributed by atoms with Crippen molar-refractivity contribution in [3.63, 3.8) is 0 Å². The SMILES string of the molecule is CC(=O)Nc1ccc(NS(=O)(=O)c2ccccc2N=Nc2c(N)ccc3cc(S(=O)(=O)[O-])cc(O)c23)cc1.CCCCNC(=O)Nc1ccc(NS(=O)(=O)c2ccccc2N=Nc2c(N)ccc3cc(S(=O)(=O)[O-])cc(O)c23)cc1.COc1cc(NC(C)=O)ccc1NS(=O)(=O)c1ccccc1N=Nc1c(N)ccc2cc(S(=O)(=O)[O-])cc(O)c12.[Na+].[Na+].[Na+]. The maximum atomic E-state index is 13.3. The molecule has 123 heavy (non-hydrogen) atoms. The van der Waals surface area contributed by atoms with Crippen molar-refractivity contribution in [3.8, 4) is 23.0 Å². The minimum atomic E-state index is -4.85. The summed E-state index contributed by atoms with van der Waals surface area (Å²) in [5.74, 6) is -2.15. The van der Waals surface area contributed by atoms with Crippen LogP contribution in [-0.2, 0) is 70.0 Å². The summed E-state index contributed by atoms with van der Waals surface area (Å²) in [6.07, 6.45) is 1.79. The summed E-state index contributed by atoms with van der Waals surface area (Å²) in [4.78, 5) is 31.9. The number of carbonyl (C=O) groups is 3. The van der Waals surface area contributed by atoms with Gasteiger partial charge in [-0.1, -0.05) is 67.9 Å². The van der Waals surface area contributed by atoms with E-state index in [1.165, 1.54) is 173 Å². The van der Waals surface area contributed by atoms with Gasteiger partial charge in [0.2, 0.25) is 11.8 Å². The van der Waals surface area contributed by atoms with Gasteiger partial charge in [0.25, 0.3) is 30.1 Å². The van der Waals surface area contributed by atoms with E-state index in [9.17, 15) is 93.9 Å². The van der Waals surface area contributed by atoms with Crippen LogP contribution in [0.15, 0.2) is 272 Å². The third-order valence-corrected chi connectivity index (χ3v) is 23.5. The molecule has 4 amide bonds. The van der Waals surface area contributed by atoms with Gasteiger partial charge in [0, 0.05) is 54.9 Å². The van der Waals surface area contributed by atoms with Crippen LogP contribution >= 0.6 is 0 Å². The van der Waals surface area contributed by atoms with Gasteiger partial charge in [0.15, 0.2) is 0 Å². The molecule has 0 spiro atoms. The molecule has 0 aliphatic carbocycles. The zero-order chi connectivity index (χ0) is 87.4. The molecule has 0 saturated heterocycles. The number of rotatable bonds is 25. The number of hydrogen-bond acceptors (Lipinski definition) is 31. The van der Waals surface area contributed by atoms with Crippen LogP contribution in [0.4, 0.5) is 90.1 Å². The molecule has 0 fully saturated rings. The van der Waals surface area contributed by atoms with Crippen molar-refractivity contribution in [2.24, 2.45) is 30.7 Å². The first-order valence-corrected chi connectivity index (χ1v) is 43.3. The number of urea groups is 1. The number of amides is 4. The molecule has 12 aromatic carbocycles. The maximum Gasteiger partial charge on any atom is 1.00 e. The first-order valence-electron chi connectivity index (χ1n) is 34.7. The van der Waals surface area contributed by atoms with Gasteiger partial charge in [0.05, 0.1) is 60.7 Å². The topological polar surface area (TPSA) is 632 Å². The van der Waals surface area contributed by atoms with Gasteiger partial charge in [-0.05, 0) is 174 Å². The fourth-order valence-electron chi connectivity index (χ4n) is 11.3. The molecule has 0 aliphatic rings. The number of ether oxygens (including phenoxy) is 1. The van der Waals surface area contributed by atoms with E-state index in [0.29, 0.717) is 23.6 Å². The van der Waals surface area contributed by atoms with E-state index in [4.69, 9.17) is 21.9 Å². The first-order chi connectivity index (χ1) is 56.5. The van der Waals surface area contributed by atoms with Crippen molar-refractivity contribution in [1.29, 1.82) is 0 Å². The molecule has 38 nitrogen and oxygen atoms in total. The normalized spacial score (nSPS) is 11.7. The largest absolute Gasteiger partial charge is 1.00 e. The minimum absolute atomic E-state index is 0. The molecule has 0 saturated carbocycles. The van der Waals surface area contributed by atoms with Crippen LogP contribution in [0.3, 0.4) is 0 Å². The van der Waals surface area contributed by atoms with Gasteiger partial charge >= 0.3 is 94.7 Å². The molecule has 0 radical (unpaired) electrons. The van der Waals surface area contributed by atoms with Crippen LogP contribution in [-0.4, -0.2) is 111 Å². The number of fused-ring (bicyclic) bond motifs is 3. The average Bonchev–Trinajstić information content (AvgIpc) is 0.782. The number of sulfonamides is 3. The van der Waals surface area contributed by atoms with Gasteiger partial charge in [0.1, 0.15) is 102 Å². The van der Waals surface area contributed by atoms with Crippen LogP contribution in [0.1, 0.15) is 33.6 Å². The molecule has 0 unspecified atom stereocenters. The number of benzene rings is 12. The van der Waals surface area contributed by atoms with Gasteiger partial charge in [-0.2, -0.15) is 0 Å². The molecular weight excluding hydrogens is 1750 g/mol. The Bertz CT molecular complexity index is 6890. The van der Waals surface area contributed by atoms with Crippen molar-refractivity contribution in [2.75, 3.05) is 61.0 Å². The molecule has 0 heterocycles. The van der Waals surface area contributed by atoms with Crippen molar-refractivity contribution < 1.29 is 187 Å². The van der Waals surface area contributed by atoms with E-state index in [1.807, 2.05) is 6.92 Å². The molecule has 0 aromatic heterocycles. The average molecular weight is 1820 g/mol. The number of carbonyl (C=O) groups excluding carboxylic acids is 3. The number of nitrogens with two attached hydrogens (primary N) is 3. The first kappa shape index (κ1) is 99.1. The smallest absolute Gasteiger partial charge is 0.744 e. The van der Waals surface area contributed by atoms with Gasteiger partial charge in [-0.15, -0.1) is 30.7 Å². The van der Waals surface area contributed by atoms with Gasteiger partial charge < -0.3 is 72.2 Å². The minimum Gasteiger partial charge on any atom is -0.744 e. The fourth-order valence-corrected chi connectivity index (χ4v) is 16.5. The van der Waals surface area contributed by atoms with Crippen molar-refractivity contribution in [1.82, 2.24) is 5.32 Å². The van der Waals surface area contributed by atoms with Crippen LogP contribution in [0.5, 0.6) is 23.0 Å². The standard InChI is InChI=1S/C27H28N6O7S2.C25H23N5O8S2.C24H21N5O7S2.3Na/c1-2-3-14-29-27(35)30-18-9-11-19(12-10-18)33-41(36,37)24-7-5-4-6-22(24)31-32-26-21(28)13-8-17-15-20(42(38,39)40)16-23(34)25(17)26;1-14(31)27-16-8-10-19(22(12-16)38-2)30-39(33,34)23-6-4-3-5-20(23)28-29-25-18(26)9-7-15-11-17(40(35,36)37)13-21(32)24(15)25;1-14(30)26-16-7-9-17(10-8-16)29-37(32,33)22-5-3-2-4-20(22)27-28-24-19(25)11-6-15-12-18(38(34,35)36)13-21(31)23(15)24;;;/h4-13,15-16,33-34H,2-3,14,28H2,1H3,(H2,29,30,35)(H,38,39,40);3-13,30,32H,26H2,1-2H3,(H,27,31)(H,35,36,37);2-13,29,31H,25H2,1H3,(H,26,30)(H,34,35,36);;;/q;;;3*+1/p-3. The molecule has 47 heteroatoms. The molecule has 0 bridgehead atoms. The summed E-state index contributed by atoms with van der Waals surface area (Å²) in [6.45, 7) is 5.23. The number of unbranched alkanes of at least 4 members (excludes halogenated alkanes) is 1. The van der Waals surface area contributed by atoms with Gasteiger partial charge in [-0.3, -0.25) is 23.8 Å². The number of phenolic OH excluding ortho intramolecular Hbond substituents is 3. The Balaban J connectivity index is 0.000000251. The van der Waals surface area contributed by atoms with E-state index < -0.39 is 92.4 Å². The number of hydrogen-bond donors (Lipinski definition) is 13. The Morgan fingerprint density at radius 2 is 0.699 bits per heavy atom. The van der Waals surface area contributed by atoms with Crippen LogP contribution in [0.25, 0.3) is 32.3 Å². The van der Waals surface area contributed by atoms with E-state index in [1.54, 1.807) is 24.3 Å². The quantitative estimate of drug-likeness (QED) is 0.0122. The number of nitrogens with zero attached hydrogens (tertiary/aromatic N) is 6. The van der Waals surface area contributed by atoms with Crippen LogP contribution < -0.4 is 146 Å². The second-order valence-corrected chi connectivity index (χ2v) is 34.6. The summed E-state index contributed by atoms with van der Waals surface area (Å²) < 4.78 is 195. The van der Waals surface area contributed by atoms with Crippen LogP contribution in [0.2, 0.25) is 0 Å². The molecule has 0 atom stereocenters. The van der Waals surface area contributed by atoms with Gasteiger partial charge in [-0.25, -0.2) is 55.3 Å². The Hall–Kier alpha value is -11.0. The number of methoxy groups -OCH3 is 1. The summed E-state index contributed by atoms with van der Waals surface area (Å²) in [5, 5.41) is 66.9. The summed E-state index contributed by atoms with van der Waals surface area (Å²) in [6, 6.07) is 47.2. The molecule has 16 N–H and O–H groups in total. The summed E-state index contributed by atoms with van der Waals surface area (Å²) in [7, 11) is -25.8. The molecule has 12 rings (SSSR count). The number of aromatic hydroxyl groups is 3. The van der Waals surface area contributed by atoms with E-state index >= 15 is 0 Å². The predicted molar refractivity (Wildman–Crippen MR) is 445 cm³/mol. The number of nitrogens with one attached hydrogen (secondary N) is 7. The Morgan fingerprint density at radius 1 is 0.390 bits per heavy atom. The molecular formula is C76H69N16Na3O22S6.